The summed E-state index contributed by atoms with van der Waals surface area (Å²) in [5, 5.41) is 54.3. The first-order valence-electron chi connectivity index (χ1n) is 29.0. The van der Waals surface area contributed by atoms with Crippen LogP contribution < -0.4 is 47.9 Å². The lowest BCUT2D eigenvalue weighted by atomic mass is 9.96. The molecule has 12 N–H and O–H groups in total. The molecule has 464 valence electrons. The van der Waals surface area contributed by atoms with Gasteiger partial charge in [0.2, 0.25) is 53.2 Å². The number of hydrogen-bond acceptors (Lipinski definition) is 16. The van der Waals surface area contributed by atoms with Crippen molar-refractivity contribution >= 4 is 65.1 Å². The minimum atomic E-state index is -1.92. The molecule has 1 heterocycles. The van der Waals surface area contributed by atoms with Crippen molar-refractivity contribution in [3.05, 3.63) is 0 Å². The van der Waals surface area contributed by atoms with Gasteiger partial charge in [0.15, 0.2) is 0 Å². The van der Waals surface area contributed by atoms with Gasteiger partial charge in [-0.05, 0) is 68.6 Å². The molecule has 0 radical (unpaired) electrons. The number of carbonyl (C=O) groups is 11. The molecule has 25 heteroatoms. The van der Waals surface area contributed by atoms with Crippen molar-refractivity contribution in [2.75, 3.05) is 20.3 Å². The first-order chi connectivity index (χ1) is 38.1. The van der Waals surface area contributed by atoms with Crippen molar-refractivity contribution in [1.29, 1.82) is 0 Å². The molecule has 0 spiro atoms. The second-order valence-corrected chi connectivity index (χ2v) is 22.7. The van der Waals surface area contributed by atoms with Gasteiger partial charge in [-0.15, -0.1) is 0 Å². The summed E-state index contributed by atoms with van der Waals surface area (Å²) in [6.45, 7) is 18.6. The number of nitrogens with one attached hydrogen (secondary N) is 9. The van der Waals surface area contributed by atoms with Gasteiger partial charge in [-0.1, -0.05) is 121 Å². The molecule has 1 saturated heterocycles. The second-order valence-electron chi connectivity index (χ2n) is 22.7. The number of aliphatic hydroxyl groups is 3. The Hall–Kier alpha value is -5.95. The van der Waals surface area contributed by atoms with E-state index in [9.17, 15) is 68.1 Å². The van der Waals surface area contributed by atoms with Crippen molar-refractivity contribution < 1.29 is 77.5 Å². The maximum absolute atomic E-state index is 14.9. The number of amides is 9. The van der Waals surface area contributed by atoms with E-state index < -0.39 is 170 Å². The predicted octanol–water partition coefficient (Wildman–Crippen LogP) is 0.575. The van der Waals surface area contributed by atoms with Crippen LogP contribution in [-0.2, 0) is 62.2 Å². The van der Waals surface area contributed by atoms with E-state index in [1.54, 1.807) is 69.2 Å². The van der Waals surface area contributed by atoms with E-state index in [-0.39, 0.29) is 56.3 Å². The van der Waals surface area contributed by atoms with E-state index in [4.69, 9.17) is 9.47 Å². The van der Waals surface area contributed by atoms with Gasteiger partial charge in [0, 0.05) is 6.42 Å². The number of rotatable bonds is 28. The van der Waals surface area contributed by atoms with Crippen molar-refractivity contribution in [3.63, 3.8) is 0 Å². The van der Waals surface area contributed by atoms with Crippen LogP contribution >= 0.6 is 0 Å². The third-order valence-corrected chi connectivity index (χ3v) is 14.1. The van der Waals surface area contributed by atoms with Gasteiger partial charge in [-0.3, -0.25) is 47.9 Å². The van der Waals surface area contributed by atoms with Gasteiger partial charge in [-0.2, -0.15) is 0 Å². The molecule has 1 rings (SSSR count). The monoisotopic (exact) mass is 1150 g/mol. The summed E-state index contributed by atoms with van der Waals surface area (Å²) in [6, 6.07) is -13.9. The highest BCUT2D eigenvalue weighted by molar-refractivity contribution is 5.99. The summed E-state index contributed by atoms with van der Waals surface area (Å²) >= 11 is 0. The van der Waals surface area contributed by atoms with E-state index in [2.05, 4.69) is 54.8 Å². The van der Waals surface area contributed by atoms with E-state index in [0.29, 0.717) is 12.8 Å². The first-order valence-corrected chi connectivity index (χ1v) is 29.0. The van der Waals surface area contributed by atoms with Gasteiger partial charge in [-0.25, -0.2) is 4.79 Å². The molecule has 0 aromatic rings. The van der Waals surface area contributed by atoms with Crippen LogP contribution in [0.3, 0.4) is 0 Å². The topological polar surface area (TPSA) is 375 Å². The molecule has 25 nitrogen and oxygen atoms in total. The normalized spacial score (nSPS) is 24.0. The smallest absolute Gasteiger partial charge is 0.329 e. The molecule has 0 bridgehead atoms. The Balaban J connectivity index is 4.07. The molecule has 0 aromatic carbocycles. The molecule has 0 aliphatic carbocycles. The molecule has 0 aromatic heterocycles. The summed E-state index contributed by atoms with van der Waals surface area (Å²) < 4.78 is 10.7. The molecule has 3 unspecified atom stereocenters. The molecule has 0 saturated carbocycles. The standard InChI is InChI=1S/C56H99N9O16/c1-14-17-18-19-20-21-36(68)27-43(69)57-38(24-30(4)5)49(72)58-37(22-23-44(70)80-13)48(71)65-47-35(12)81-56(79)46(34(11)16-3)64-53(76)42(29-67)62-50(73)39(25-31(6)7)59-52(75)41(28-66)61-51(74)40(26-32(8)9)60-54(77)45(33(10)15-2)63-55(47)78/h30-42,45-47,66-68H,14-29H2,1-13H3,(H,57,69)(H,58,72)(H,59,75)(H,60,77)(H,61,74)(H,62,73)(H,63,78)(H,64,76)(H,65,71)/t33-,34+,35-,36-,37-,38+,39+,40+,41-,42-,45?,46?,47?/m1/s1. The van der Waals surface area contributed by atoms with Gasteiger partial charge >= 0.3 is 11.9 Å². The Morgan fingerprint density at radius 1 is 0.580 bits per heavy atom. The average Bonchev–Trinajstić information content (AvgIpc) is 3.40. The van der Waals surface area contributed by atoms with Crippen LogP contribution in [0.25, 0.3) is 0 Å². The Morgan fingerprint density at radius 3 is 1.56 bits per heavy atom. The molecular formula is C56H99N9O16. The number of ether oxygens (including phenoxy) is 2. The lowest BCUT2D eigenvalue weighted by Gasteiger charge is -2.32. The Bertz CT molecular complexity index is 2060. The van der Waals surface area contributed by atoms with E-state index in [1.807, 2.05) is 0 Å². The SMILES string of the molecule is CCCCCCC[C@@H](O)CC(=O)N[C@@H](CC(C)C)C(=O)N[C@H](CCC(=O)OC)C(=O)NC1C(=O)NC([C@H](C)CC)C(=O)N[C@@H](CC(C)C)C(=O)N[C@H](CO)C(=O)N[C@@H](CC(C)C)C(=O)N[C@H](CO)C(=O)NC([C@@H](C)CC)C(=O)O[C@@H]1C. The van der Waals surface area contributed by atoms with Crippen LogP contribution in [0, 0.1) is 29.6 Å². The van der Waals surface area contributed by atoms with Crippen LogP contribution in [0.15, 0.2) is 0 Å². The highest BCUT2D eigenvalue weighted by Gasteiger charge is 2.41. The molecule has 9 amide bonds. The molecular weight excluding hydrogens is 1050 g/mol. The lowest BCUT2D eigenvalue weighted by molar-refractivity contribution is -0.158. The van der Waals surface area contributed by atoms with E-state index in [1.165, 1.54) is 6.92 Å². The zero-order valence-corrected chi connectivity index (χ0v) is 50.2. The number of esters is 2. The summed E-state index contributed by atoms with van der Waals surface area (Å²) in [5.74, 6) is -12.4. The summed E-state index contributed by atoms with van der Waals surface area (Å²) in [6.07, 6.45) is 1.86. The summed E-state index contributed by atoms with van der Waals surface area (Å²) in [7, 11) is 1.11. The quantitative estimate of drug-likeness (QED) is 0.0376. The molecule has 1 aliphatic rings. The molecule has 1 fully saturated rings. The van der Waals surface area contributed by atoms with Gasteiger partial charge in [0.05, 0.1) is 32.8 Å². The Morgan fingerprint density at radius 2 is 1.06 bits per heavy atom. The maximum atomic E-state index is 14.9. The minimum Gasteiger partial charge on any atom is -0.469 e. The van der Waals surface area contributed by atoms with Crippen molar-refractivity contribution in [1.82, 2.24) is 47.9 Å². The molecule has 1 aliphatic heterocycles. The lowest BCUT2D eigenvalue weighted by Crippen LogP contribution is -2.64. The Kier molecular flexibility index (Phi) is 34.2. The number of unbranched alkanes of at least 4 members (excludes halogenated alkanes) is 4. The fourth-order valence-electron chi connectivity index (χ4n) is 8.88. The maximum Gasteiger partial charge on any atom is 0.329 e. The van der Waals surface area contributed by atoms with Crippen LogP contribution in [0.1, 0.15) is 173 Å². The van der Waals surface area contributed by atoms with Crippen molar-refractivity contribution in [2.45, 2.75) is 240 Å². The third-order valence-electron chi connectivity index (χ3n) is 14.1. The Labute approximate surface area is 478 Å². The van der Waals surface area contributed by atoms with Crippen molar-refractivity contribution in [3.8, 4) is 0 Å². The number of aliphatic hydroxyl groups excluding tert-OH is 3. The predicted molar refractivity (Wildman–Crippen MR) is 300 cm³/mol. The number of methoxy groups -OCH3 is 1. The summed E-state index contributed by atoms with van der Waals surface area (Å²) in [5.41, 5.74) is 0. The van der Waals surface area contributed by atoms with Crippen LogP contribution in [0.5, 0.6) is 0 Å². The zero-order valence-electron chi connectivity index (χ0n) is 50.2. The fraction of sp³-hybridized carbons (Fsp3) is 0.804. The van der Waals surface area contributed by atoms with E-state index in [0.717, 1.165) is 32.8 Å². The van der Waals surface area contributed by atoms with E-state index >= 15 is 0 Å². The van der Waals surface area contributed by atoms with Crippen molar-refractivity contribution in [2.24, 2.45) is 29.6 Å². The first kappa shape index (κ1) is 73.1. The summed E-state index contributed by atoms with van der Waals surface area (Å²) in [4.78, 5) is 154. The molecule has 13 atom stereocenters. The minimum absolute atomic E-state index is 0.00393. The van der Waals surface area contributed by atoms with Crippen LogP contribution in [0.4, 0.5) is 0 Å². The number of carbonyl (C=O) groups excluding carboxylic acids is 11. The van der Waals surface area contributed by atoms with Crippen LogP contribution in [0.2, 0.25) is 0 Å². The van der Waals surface area contributed by atoms with Gasteiger partial charge < -0.3 is 72.6 Å². The fourth-order valence-corrected chi connectivity index (χ4v) is 8.88. The third kappa shape index (κ3) is 26.7. The van der Waals surface area contributed by atoms with Gasteiger partial charge in [0.1, 0.15) is 60.5 Å². The average molecular weight is 1150 g/mol. The number of hydrogen-bond donors (Lipinski definition) is 12. The highest BCUT2D eigenvalue weighted by atomic mass is 16.5. The second kappa shape index (κ2) is 37.9. The van der Waals surface area contributed by atoms with Gasteiger partial charge in [0.25, 0.3) is 0 Å². The molecule has 81 heavy (non-hydrogen) atoms. The van der Waals surface area contributed by atoms with Crippen LogP contribution in [-0.4, -0.2) is 167 Å². The largest absolute Gasteiger partial charge is 0.469 e. The zero-order chi connectivity index (χ0) is 61.7. The highest BCUT2D eigenvalue weighted by Crippen LogP contribution is 2.18. The number of cyclic esters (lactones) is 1.